The summed E-state index contributed by atoms with van der Waals surface area (Å²) in [4.78, 5) is 24.1. The third kappa shape index (κ3) is 2.66. The monoisotopic (exact) mass is 253 g/mol. The second-order valence-electron chi connectivity index (χ2n) is 3.89. The number of carbonyl (C=O) groups excluding carboxylic acids is 2. The average molecular weight is 253 g/mol. The fraction of sp³-hybridized carbons (Fsp3) is 0.333. The summed E-state index contributed by atoms with van der Waals surface area (Å²) in [5.74, 6) is -0.539. The molecule has 1 aliphatic rings. The van der Waals surface area contributed by atoms with E-state index in [4.69, 9.17) is 0 Å². The van der Waals surface area contributed by atoms with E-state index in [1.54, 1.807) is 18.2 Å². The molecule has 5 heteroatoms. The molecule has 1 aromatic carbocycles. The zero-order chi connectivity index (χ0) is 12.4. The summed E-state index contributed by atoms with van der Waals surface area (Å²) in [6, 6.07) is 6.18. The third-order valence-corrected chi connectivity index (χ3v) is 3.55. The van der Waals surface area contributed by atoms with E-state index in [2.05, 4.69) is 0 Å². The van der Waals surface area contributed by atoms with Crippen LogP contribution in [0.4, 0.5) is 10.1 Å². The van der Waals surface area contributed by atoms with E-state index >= 15 is 0 Å². The van der Waals surface area contributed by atoms with Crippen LogP contribution in [0.1, 0.15) is 13.3 Å². The molecule has 3 nitrogen and oxygen atoms in total. The number of thioether (sulfide) groups is 1. The standard InChI is InChI=1S/C12H12FNO2S/c1-8(15)17-9-6-12(16)14(7-9)11-5-3-2-4-10(11)13/h2-5,9H,6-7H2,1H3. The molecule has 0 aromatic heterocycles. The average Bonchev–Trinajstić information content (AvgIpc) is 2.59. The Kier molecular flexibility index (Phi) is 3.47. The molecule has 0 spiro atoms. The molecule has 0 saturated carbocycles. The summed E-state index contributed by atoms with van der Waals surface area (Å²) in [5.41, 5.74) is 0.296. The van der Waals surface area contributed by atoms with Gasteiger partial charge in [0.2, 0.25) is 5.91 Å². The van der Waals surface area contributed by atoms with Crippen LogP contribution in [0.5, 0.6) is 0 Å². The lowest BCUT2D eigenvalue weighted by Crippen LogP contribution is -2.25. The second kappa shape index (κ2) is 4.87. The molecule has 0 N–H and O–H groups in total. The van der Waals surface area contributed by atoms with Gasteiger partial charge in [0, 0.05) is 25.1 Å². The second-order valence-corrected chi connectivity index (χ2v) is 5.37. The molecule has 1 heterocycles. The summed E-state index contributed by atoms with van der Waals surface area (Å²) < 4.78 is 13.5. The first kappa shape index (κ1) is 12.1. The van der Waals surface area contributed by atoms with E-state index < -0.39 is 5.82 Å². The van der Waals surface area contributed by atoms with Gasteiger partial charge in [-0.2, -0.15) is 0 Å². The van der Waals surface area contributed by atoms with E-state index in [1.165, 1.54) is 17.9 Å². The first-order valence-corrected chi connectivity index (χ1v) is 6.18. The smallest absolute Gasteiger partial charge is 0.228 e. The number of halogens is 1. The summed E-state index contributed by atoms with van der Waals surface area (Å²) >= 11 is 1.15. The van der Waals surface area contributed by atoms with Crippen molar-refractivity contribution in [3.63, 3.8) is 0 Å². The van der Waals surface area contributed by atoms with Gasteiger partial charge in [-0.15, -0.1) is 0 Å². The van der Waals surface area contributed by atoms with Gasteiger partial charge in [-0.25, -0.2) is 4.39 Å². The van der Waals surface area contributed by atoms with Crippen LogP contribution in [-0.4, -0.2) is 22.8 Å². The number of carbonyl (C=O) groups is 2. The predicted molar refractivity (Wildman–Crippen MR) is 65.4 cm³/mol. The van der Waals surface area contributed by atoms with Crippen molar-refractivity contribution in [2.45, 2.75) is 18.6 Å². The molecule has 1 fully saturated rings. The maximum Gasteiger partial charge on any atom is 0.228 e. The van der Waals surface area contributed by atoms with Crippen LogP contribution in [0, 0.1) is 5.82 Å². The molecule has 1 aromatic rings. The van der Waals surface area contributed by atoms with Gasteiger partial charge in [0.15, 0.2) is 5.12 Å². The van der Waals surface area contributed by atoms with E-state index in [0.717, 1.165) is 11.8 Å². The highest BCUT2D eigenvalue weighted by Gasteiger charge is 2.32. The Labute approximate surface area is 103 Å². The van der Waals surface area contributed by atoms with Crippen LogP contribution in [0.15, 0.2) is 24.3 Å². The third-order valence-electron chi connectivity index (χ3n) is 2.57. The minimum atomic E-state index is -0.408. The zero-order valence-electron chi connectivity index (χ0n) is 9.35. The highest BCUT2D eigenvalue weighted by molar-refractivity contribution is 8.14. The number of anilines is 1. The van der Waals surface area contributed by atoms with E-state index in [9.17, 15) is 14.0 Å². The fourth-order valence-corrected chi connectivity index (χ4v) is 2.81. The lowest BCUT2D eigenvalue weighted by molar-refractivity contribution is -0.117. The number of para-hydroxylation sites is 1. The Morgan fingerprint density at radius 1 is 1.47 bits per heavy atom. The SMILES string of the molecule is CC(=O)SC1CC(=O)N(c2ccccc2F)C1. The Bertz CT molecular complexity index is 464. The van der Waals surface area contributed by atoms with E-state index in [0.29, 0.717) is 18.7 Å². The summed E-state index contributed by atoms with van der Waals surface area (Å²) in [7, 11) is 0. The molecule has 17 heavy (non-hydrogen) atoms. The highest BCUT2D eigenvalue weighted by Crippen LogP contribution is 2.29. The molecule has 0 aliphatic carbocycles. The Morgan fingerprint density at radius 3 is 2.82 bits per heavy atom. The normalized spacial score (nSPS) is 19.8. The zero-order valence-corrected chi connectivity index (χ0v) is 10.2. The van der Waals surface area contributed by atoms with Gasteiger partial charge >= 0.3 is 0 Å². The molecule has 2 rings (SSSR count). The van der Waals surface area contributed by atoms with E-state index in [1.807, 2.05) is 0 Å². The maximum absolute atomic E-state index is 13.5. The summed E-state index contributed by atoms with van der Waals surface area (Å²) in [6.07, 6.45) is 0.290. The van der Waals surface area contributed by atoms with Gasteiger partial charge in [-0.1, -0.05) is 23.9 Å². The Hall–Kier alpha value is -1.36. The van der Waals surface area contributed by atoms with Crippen molar-refractivity contribution >= 4 is 28.5 Å². The molecular weight excluding hydrogens is 241 g/mol. The molecule has 1 amide bonds. The molecule has 1 aliphatic heterocycles. The molecule has 0 bridgehead atoms. The number of benzene rings is 1. The van der Waals surface area contributed by atoms with Gasteiger partial charge in [-0.05, 0) is 12.1 Å². The molecule has 0 radical (unpaired) electrons. The molecule has 1 atom stereocenters. The Morgan fingerprint density at radius 2 is 2.18 bits per heavy atom. The largest absolute Gasteiger partial charge is 0.308 e. The van der Waals surface area contributed by atoms with Crippen molar-refractivity contribution in [1.82, 2.24) is 0 Å². The number of rotatable bonds is 2. The van der Waals surface area contributed by atoms with Crippen molar-refractivity contribution in [2.75, 3.05) is 11.4 Å². The molecule has 1 saturated heterocycles. The van der Waals surface area contributed by atoms with Gasteiger partial charge in [0.05, 0.1) is 5.69 Å². The molecule has 1 unspecified atom stereocenters. The number of nitrogens with zero attached hydrogens (tertiary/aromatic N) is 1. The van der Waals surface area contributed by atoms with Crippen LogP contribution in [0.3, 0.4) is 0 Å². The number of amides is 1. The van der Waals surface area contributed by atoms with Crippen LogP contribution in [-0.2, 0) is 9.59 Å². The van der Waals surface area contributed by atoms with E-state index in [-0.39, 0.29) is 16.3 Å². The van der Waals surface area contributed by atoms with Crippen molar-refractivity contribution in [1.29, 1.82) is 0 Å². The van der Waals surface area contributed by atoms with Gasteiger partial charge < -0.3 is 4.90 Å². The topological polar surface area (TPSA) is 37.4 Å². The predicted octanol–water partition coefficient (Wildman–Crippen LogP) is 2.21. The number of hydrogen-bond donors (Lipinski definition) is 0. The lowest BCUT2D eigenvalue weighted by Gasteiger charge is -2.16. The van der Waals surface area contributed by atoms with Crippen molar-refractivity contribution in [3.8, 4) is 0 Å². The lowest BCUT2D eigenvalue weighted by atomic mass is 10.3. The summed E-state index contributed by atoms with van der Waals surface area (Å²) in [5, 5.41) is -0.0854. The van der Waals surface area contributed by atoms with Crippen LogP contribution in [0.2, 0.25) is 0 Å². The Balaban J connectivity index is 2.16. The van der Waals surface area contributed by atoms with Gasteiger partial charge in [0.25, 0.3) is 0 Å². The van der Waals surface area contributed by atoms with Crippen molar-refractivity contribution in [3.05, 3.63) is 30.1 Å². The quantitative estimate of drug-likeness (QED) is 0.811. The minimum Gasteiger partial charge on any atom is -0.308 e. The number of hydrogen-bond acceptors (Lipinski definition) is 3. The fourth-order valence-electron chi connectivity index (χ4n) is 1.89. The van der Waals surface area contributed by atoms with Crippen LogP contribution >= 0.6 is 11.8 Å². The van der Waals surface area contributed by atoms with Crippen LogP contribution in [0.25, 0.3) is 0 Å². The first-order chi connectivity index (χ1) is 8.08. The first-order valence-electron chi connectivity index (χ1n) is 5.30. The van der Waals surface area contributed by atoms with Gasteiger partial charge in [-0.3, -0.25) is 9.59 Å². The van der Waals surface area contributed by atoms with Crippen molar-refractivity contribution < 1.29 is 14.0 Å². The minimum absolute atomic E-state index is 0.0156. The molecular formula is C12H12FNO2S. The van der Waals surface area contributed by atoms with Gasteiger partial charge in [0.1, 0.15) is 5.82 Å². The van der Waals surface area contributed by atoms with Crippen molar-refractivity contribution in [2.24, 2.45) is 0 Å². The maximum atomic E-state index is 13.5. The van der Waals surface area contributed by atoms with Crippen LogP contribution < -0.4 is 4.90 Å². The highest BCUT2D eigenvalue weighted by atomic mass is 32.2. The molecule has 90 valence electrons. The summed E-state index contributed by atoms with van der Waals surface area (Å²) in [6.45, 7) is 1.87.